The maximum absolute atomic E-state index is 11.6. The van der Waals surface area contributed by atoms with E-state index >= 15 is 0 Å². The smallest absolute Gasteiger partial charge is 0.326 e. The van der Waals surface area contributed by atoms with Gasteiger partial charge in [-0.3, -0.25) is 0 Å². The van der Waals surface area contributed by atoms with E-state index in [-0.39, 0.29) is 13.0 Å². The van der Waals surface area contributed by atoms with Crippen molar-refractivity contribution in [2.45, 2.75) is 19.0 Å². The number of carboxylic acid groups (broad SMARTS) is 1. The van der Waals surface area contributed by atoms with Crippen LogP contribution in [0.2, 0.25) is 0 Å². The van der Waals surface area contributed by atoms with Gasteiger partial charge in [-0.1, -0.05) is 0 Å². The van der Waals surface area contributed by atoms with Crippen LogP contribution in [0.5, 0.6) is 0 Å². The Balaban J connectivity index is 1.84. The summed E-state index contributed by atoms with van der Waals surface area (Å²) in [6, 6.07) is -1.57. The average Bonchev–Trinajstić information content (AvgIpc) is 3.08. The van der Waals surface area contributed by atoms with Gasteiger partial charge in [0.2, 0.25) is 0 Å². The number of carbonyl (C=O) groups excluding carboxylic acids is 1. The van der Waals surface area contributed by atoms with E-state index in [9.17, 15) is 9.59 Å². The van der Waals surface area contributed by atoms with Crippen LogP contribution in [0.15, 0.2) is 24.1 Å². The molecule has 20 heavy (non-hydrogen) atoms. The largest absolute Gasteiger partial charge is 0.480 e. The molecule has 4 N–H and O–H groups in total. The lowest BCUT2D eigenvalue weighted by Crippen LogP contribution is -2.46. The van der Waals surface area contributed by atoms with E-state index in [4.69, 9.17) is 5.11 Å². The van der Waals surface area contributed by atoms with E-state index in [1.165, 1.54) is 23.9 Å². The van der Waals surface area contributed by atoms with Crippen LogP contribution < -0.4 is 10.6 Å². The number of amides is 2. The number of nitrogens with zero attached hydrogens (tertiary/aromatic N) is 2. The minimum atomic E-state index is -1.11. The van der Waals surface area contributed by atoms with Gasteiger partial charge in [0.15, 0.2) is 0 Å². The number of carbonyl (C=O) groups is 2. The third-order valence-corrected chi connectivity index (χ3v) is 3.25. The van der Waals surface area contributed by atoms with Crippen LogP contribution in [0.25, 0.3) is 0 Å². The third-order valence-electron chi connectivity index (χ3n) is 2.47. The number of nitrogens with one attached hydrogen (secondary N) is 3. The summed E-state index contributed by atoms with van der Waals surface area (Å²) in [4.78, 5) is 33.4. The minimum Gasteiger partial charge on any atom is -0.480 e. The van der Waals surface area contributed by atoms with Crippen molar-refractivity contribution in [3.05, 3.63) is 34.8 Å². The molecule has 0 aliphatic rings. The highest BCUT2D eigenvalue weighted by Crippen LogP contribution is 2.03. The lowest BCUT2D eigenvalue weighted by Gasteiger charge is -2.13. The van der Waals surface area contributed by atoms with Crippen LogP contribution in [0, 0.1) is 0 Å². The topological polar surface area (TPSA) is 120 Å². The maximum Gasteiger partial charge on any atom is 0.326 e. The second-order valence-electron chi connectivity index (χ2n) is 3.92. The van der Waals surface area contributed by atoms with Gasteiger partial charge in [-0.05, 0) is 0 Å². The molecule has 0 saturated heterocycles. The number of hydrogen-bond acceptors (Lipinski definition) is 5. The summed E-state index contributed by atoms with van der Waals surface area (Å²) in [5, 5.41) is 16.6. The molecule has 0 aliphatic heterocycles. The number of aromatic nitrogens is 3. The molecular formula is C11H13N5O3S. The Bertz CT molecular complexity index is 555. The van der Waals surface area contributed by atoms with Crippen molar-refractivity contribution in [1.29, 1.82) is 0 Å². The summed E-state index contributed by atoms with van der Waals surface area (Å²) in [5.74, 6) is -1.11. The van der Waals surface area contributed by atoms with E-state index in [1.807, 2.05) is 0 Å². The molecule has 106 valence electrons. The number of rotatable bonds is 6. The molecule has 2 aromatic heterocycles. The molecule has 2 rings (SSSR count). The van der Waals surface area contributed by atoms with Crippen molar-refractivity contribution in [3.63, 3.8) is 0 Å². The first kappa shape index (κ1) is 14.0. The second kappa shape index (κ2) is 6.66. The molecule has 0 spiro atoms. The molecule has 0 aromatic carbocycles. The zero-order valence-electron chi connectivity index (χ0n) is 10.4. The molecule has 0 bridgehead atoms. The Morgan fingerprint density at radius 2 is 2.35 bits per heavy atom. The maximum atomic E-state index is 11.6. The van der Waals surface area contributed by atoms with Crippen LogP contribution in [-0.4, -0.2) is 38.1 Å². The first-order chi connectivity index (χ1) is 9.65. The number of imidazole rings is 1. The van der Waals surface area contributed by atoms with Crippen LogP contribution in [-0.2, 0) is 17.8 Å². The molecule has 0 fully saturated rings. The zero-order valence-corrected chi connectivity index (χ0v) is 11.2. The summed E-state index contributed by atoms with van der Waals surface area (Å²) in [7, 11) is 0. The highest BCUT2D eigenvalue weighted by Gasteiger charge is 2.20. The lowest BCUT2D eigenvalue weighted by molar-refractivity contribution is -0.139. The van der Waals surface area contributed by atoms with Crippen LogP contribution in [0.4, 0.5) is 4.79 Å². The number of thiazole rings is 1. The highest BCUT2D eigenvalue weighted by molar-refractivity contribution is 7.09. The van der Waals surface area contributed by atoms with Crippen molar-refractivity contribution in [2.24, 2.45) is 0 Å². The second-order valence-corrected chi connectivity index (χ2v) is 4.90. The molecule has 0 saturated carbocycles. The lowest BCUT2D eigenvalue weighted by atomic mass is 10.2. The van der Waals surface area contributed by atoms with E-state index < -0.39 is 18.0 Å². The highest BCUT2D eigenvalue weighted by atomic mass is 32.1. The van der Waals surface area contributed by atoms with Gasteiger partial charge in [-0.25, -0.2) is 19.6 Å². The fourth-order valence-corrected chi connectivity index (χ4v) is 2.08. The predicted molar refractivity (Wildman–Crippen MR) is 71.2 cm³/mol. The van der Waals surface area contributed by atoms with E-state index in [0.717, 1.165) is 5.01 Å². The van der Waals surface area contributed by atoms with Gasteiger partial charge in [0, 0.05) is 29.9 Å². The van der Waals surface area contributed by atoms with Gasteiger partial charge < -0.3 is 20.7 Å². The van der Waals surface area contributed by atoms with Crippen molar-refractivity contribution in [3.8, 4) is 0 Å². The third kappa shape index (κ3) is 4.05. The standard InChI is InChI=1S/C11H13N5O3S/c17-10(18)8(3-7-4-12-6-15-7)16-11(19)14-5-9-13-1-2-20-9/h1-2,4,6,8H,3,5H2,(H,12,15)(H,17,18)(H2,14,16,19)/t8-/m1/s1. The monoisotopic (exact) mass is 295 g/mol. The summed E-state index contributed by atoms with van der Waals surface area (Å²) in [6.07, 6.45) is 4.75. The first-order valence-electron chi connectivity index (χ1n) is 5.78. The van der Waals surface area contributed by atoms with Crippen molar-refractivity contribution in [1.82, 2.24) is 25.6 Å². The Morgan fingerprint density at radius 3 is 2.95 bits per heavy atom. The molecular weight excluding hydrogens is 282 g/mol. The van der Waals surface area contributed by atoms with Gasteiger partial charge >= 0.3 is 12.0 Å². The van der Waals surface area contributed by atoms with Crippen LogP contribution in [0.3, 0.4) is 0 Å². The van der Waals surface area contributed by atoms with Gasteiger partial charge in [-0.2, -0.15) is 0 Å². The number of aromatic amines is 1. The Hall–Kier alpha value is -2.42. The van der Waals surface area contributed by atoms with Gasteiger partial charge in [-0.15, -0.1) is 11.3 Å². The molecule has 8 nitrogen and oxygen atoms in total. The average molecular weight is 295 g/mol. The number of carboxylic acids is 1. The Morgan fingerprint density at radius 1 is 1.50 bits per heavy atom. The van der Waals surface area contributed by atoms with Gasteiger partial charge in [0.25, 0.3) is 0 Å². The summed E-state index contributed by atoms with van der Waals surface area (Å²) in [6.45, 7) is 0.264. The number of urea groups is 1. The molecule has 1 atom stereocenters. The molecule has 2 amide bonds. The number of aliphatic carboxylic acids is 1. The quantitative estimate of drug-likeness (QED) is 0.613. The van der Waals surface area contributed by atoms with Gasteiger partial charge in [0.05, 0.1) is 12.9 Å². The van der Waals surface area contributed by atoms with E-state index in [2.05, 4.69) is 25.6 Å². The predicted octanol–water partition coefficient (Wildman–Crippen LogP) is 0.361. The van der Waals surface area contributed by atoms with Crippen molar-refractivity contribution in [2.75, 3.05) is 0 Å². The van der Waals surface area contributed by atoms with E-state index in [1.54, 1.807) is 11.6 Å². The molecule has 0 radical (unpaired) electrons. The summed E-state index contributed by atoms with van der Waals surface area (Å²) in [5.41, 5.74) is 0.637. The molecule has 2 aromatic rings. The SMILES string of the molecule is O=C(NCc1nccs1)N[C@H](Cc1cnc[nH]1)C(=O)O. The van der Waals surface area contributed by atoms with Crippen LogP contribution in [0.1, 0.15) is 10.7 Å². The zero-order chi connectivity index (χ0) is 14.4. The summed E-state index contributed by atoms with van der Waals surface area (Å²) < 4.78 is 0. The fraction of sp³-hybridized carbons (Fsp3) is 0.273. The van der Waals surface area contributed by atoms with Gasteiger partial charge in [0.1, 0.15) is 11.0 Å². The summed E-state index contributed by atoms with van der Waals surface area (Å²) >= 11 is 1.41. The minimum absolute atomic E-state index is 0.139. The van der Waals surface area contributed by atoms with Crippen LogP contribution >= 0.6 is 11.3 Å². The molecule has 9 heteroatoms. The van der Waals surface area contributed by atoms with Crippen molar-refractivity contribution >= 4 is 23.3 Å². The number of H-pyrrole nitrogens is 1. The number of hydrogen-bond donors (Lipinski definition) is 4. The van der Waals surface area contributed by atoms with E-state index in [0.29, 0.717) is 5.69 Å². The molecule has 0 aliphatic carbocycles. The normalized spacial score (nSPS) is 11.8. The Labute approximate surface area is 118 Å². The molecule has 2 heterocycles. The Kier molecular flexibility index (Phi) is 4.66. The molecule has 0 unspecified atom stereocenters. The fourth-order valence-electron chi connectivity index (χ4n) is 1.52. The first-order valence-corrected chi connectivity index (χ1v) is 6.66. The van der Waals surface area contributed by atoms with Crippen molar-refractivity contribution < 1.29 is 14.7 Å².